The zero-order valence-corrected chi connectivity index (χ0v) is 14.5. The molecule has 0 spiro atoms. The molecule has 2 aromatic rings. The molecule has 0 aliphatic rings. The first-order valence-electron chi connectivity index (χ1n) is 8.18. The number of amides is 2. The first-order chi connectivity index (χ1) is 12.4. The maximum atomic E-state index is 14.5. The Kier molecular flexibility index (Phi) is 6.82. The van der Waals surface area contributed by atoms with Crippen LogP contribution in [0.25, 0.3) is 11.1 Å². The predicted octanol–water partition coefficient (Wildman–Crippen LogP) is 1.41. The molecule has 0 saturated carbocycles. The van der Waals surface area contributed by atoms with Gasteiger partial charge in [-0.3, -0.25) is 9.59 Å². The summed E-state index contributed by atoms with van der Waals surface area (Å²) in [5.74, 6) is -0.760. The Hall–Kier alpha value is -2.77. The van der Waals surface area contributed by atoms with Gasteiger partial charge < -0.3 is 21.1 Å². The van der Waals surface area contributed by atoms with Gasteiger partial charge in [-0.1, -0.05) is 24.3 Å². The van der Waals surface area contributed by atoms with Crippen LogP contribution in [-0.4, -0.2) is 36.6 Å². The van der Waals surface area contributed by atoms with Crippen molar-refractivity contribution in [2.24, 2.45) is 5.73 Å². The smallest absolute Gasteiger partial charge is 0.216 e. The molecule has 2 amide bonds. The molecule has 0 heterocycles. The number of aliphatic hydroxyl groups is 1. The molecule has 1 unspecified atom stereocenters. The molecule has 0 radical (unpaired) electrons. The van der Waals surface area contributed by atoms with E-state index in [0.29, 0.717) is 29.8 Å². The monoisotopic (exact) mass is 359 g/mol. The second kappa shape index (κ2) is 9.07. The van der Waals surface area contributed by atoms with Crippen molar-refractivity contribution in [1.82, 2.24) is 5.32 Å². The number of nitrogens with one attached hydrogen (secondary N) is 1. The van der Waals surface area contributed by atoms with E-state index < -0.39 is 11.9 Å². The number of carbonyl (C=O) groups is 2. The molecule has 0 aromatic heterocycles. The molecule has 7 heteroatoms. The van der Waals surface area contributed by atoms with Gasteiger partial charge in [-0.25, -0.2) is 4.39 Å². The Bertz CT molecular complexity index is 765. The SMILES string of the molecule is CC(=O)NCC(O)CN(C=O)c1ccc(-c2ccc(CN)cc2)c(F)c1. The van der Waals surface area contributed by atoms with E-state index in [9.17, 15) is 19.1 Å². The Morgan fingerprint density at radius 2 is 2.00 bits per heavy atom. The number of hydrogen-bond donors (Lipinski definition) is 3. The van der Waals surface area contributed by atoms with Crippen LogP contribution in [0.5, 0.6) is 0 Å². The third-order valence-electron chi connectivity index (χ3n) is 3.91. The summed E-state index contributed by atoms with van der Waals surface area (Å²) >= 11 is 0. The molecule has 0 bridgehead atoms. The van der Waals surface area contributed by atoms with Crippen LogP contribution in [0.1, 0.15) is 12.5 Å². The highest BCUT2D eigenvalue weighted by Gasteiger charge is 2.15. The van der Waals surface area contributed by atoms with Crippen LogP contribution in [0.15, 0.2) is 42.5 Å². The van der Waals surface area contributed by atoms with E-state index >= 15 is 0 Å². The topological polar surface area (TPSA) is 95.7 Å². The normalized spacial score (nSPS) is 11.7. The number of nitrogens with zero attached hydrogens (tertiary/aromatic N) is 1. The van der Waals surface area contributed by atoms with Gasteiger partial charge in [0.2, 0.25) is 12.3 Å². The van der Waals surface area contributed by atoms with Crippen molar-refractivity contribution in [3.8, 4) is 11.1 Å². The molecule has 0 aliphatic heterocycles. The van der Waals surface area contributed by atoms with Gasteiger partial charge in [-0.15, -0.1) is 0 Å². The fourth-order valence-corrected chi connectivity index (χ4v) is 2.50. The number of aliphatic hydroxyl groups excluding tert-OH is 1. The lowest BCUT2D eigenvalue weighted by atomic mass is 10.0. The van der Waals surface area contributed by atoms with Crippen molar-refractivity contribution >= 4 is 18.0 Å². The van der Waals surface area contributed by atoms with Crippen molar-refractivity contribution in [3.05, 3.63) is 53.8 Å². The summed E-state index contributed by atoms with van der Waals surface area (Å²) in [6, 6.07) is 11.7. The number of hydrogen-bond acceptors (Lipinski definition) is 4. The standard InChI is InChI=1S/C19H22FN3O3/c1-13(25)22-10-17(26)11-23(12-24)16-6-7-18(19(20)8-16)15-4-2-14(9-21)3-5-15/h2-8,12,17,26H,9-11,21H2,1H3,(H,22,25). The first kappa shape index (κ1) is 19.6. The van der Waals surface area contributed by atoms with Crippen molar-refractivity contribution in [2.75, 3.05) is 18.0 Å². The number of anilines is 1. The number of carbonyl (C=O) groups excluding carboxylic acids is 2. The molecule has 4 N–H and O–H groups in total. The second-order valence-electron chi connectivity index (χ2n) is 5.91. The van der Waals surface area contributed by atoms with Gasteiger partial charge in [0.15, 0.2) is 0 Å². The molecular formula is C19H22FN3O3. The highest BCUT2D eigenvalue weighted by molar-refractivity contribution is 5.77. The van der Waals surface area contributed by atoms with E-state index in [1.165, 1.54) is 17.9 Å². The van der Waals surface area contributed by atoms with Gasteiger partial charge in [-0.2, -0.15) is 0 Å². The quantitative estimate of drug-likeness (QED) is 0.621. The maximum Gasteiger partial charge on any atom is 0.216 e. The number of halogens is 1. The molecule has 138 valence electrons. The Labute approximate surface area is 151 Å². The Morgan fingerprint density at radius 1 is 1.31 bits per heavy atom. The van der Waals surface area contributed by atoms with E-state index in [1.807, 2.05) is 12.1 Å². The average Bonchev–Trinajstić information content (AvgIpc) is 2.64. The van der Waals surface area contributed by atoms with E-state index in [1.54, 1.807) is 24.3 Å². The second-order valence-corrected chi connectivity index (χ2v) is 5.91. The molecule has 0 fully saturated rings. The van der Waals surface area contributed by atoms with E-state index in [-0.39, 0.29) is 19.0 Å². The van der Waals surface area contributed by atoms with E-state index in [0.717, 1.165) is 5.56 Å². The summed E-state index contributed by atoms with van der Waals surface area (Å²) < 4.78 is 14.5. The van der Waals surface area contributed by atoms with Gasteiger partial charge in [0.25, 0.3) is 0 Å². The number of rotatable bonds is 8. The molecule has 2 rings (SSSR count). The third-order valence-corrected chi connectivity index (χ3v) is 3.91. The lowest BCUT2D eigenvalue weighted by Gasteiger charge is -2.21. The Morgan fingerprint density at radius 3 is 2.54 bits per heavy atom. The fourth-order valence-electron chi connectivity index (χ4n) is 2.50. The highest BCUT2D eigenvalue weighted by Crippen LogP contribution is 2.27. The molecule has 26 heavy (non-hydrogen) atoms. The van der Waals surface area contributed by atoms with Crippen molar-refractivity contribution in [2.45, 2.75) is 19.6 Å². The van der Waals surface area contributed by atoms with Crippen molar-refractivity contribution < 1.29 is 19.1 Å². The number of nitrogens with two attached hydrogens (primary N) is 1. The maximum absolute atomic E-state index is 14.5. The summed E-state index contributed by atoms with van der Waals surface area (Å²) in [7, 11) is 0. The van der Waals surface area contributed by atoms with Gasteiger partial charge >= 0.3 is 0 Å². The van der Waals surface area contributed by atoms with E-state index in [4.69, 9.17) is 5.73 Å². The molecule has 2 aromatic carbocycles. The van der Waals surface area contributed by atoms with Crippen LogP contribution < -0.4 is 16.0 Å². The van der Waals surface area contributed by atoms with Gasteiger partial charge in [0.1, 0.15) is 5.82 Å². The zero-order valence-electron chi connectivity index (χ0n) is 14.5. The summed E-state index contributed by atoms with van der Waals surface area (Å²) in [5, 5.41) is 12.4. The minimum Gasteiger partial charge on any atom is -0.389 e. The molecule has 6 nitrogen and oxygen atoms in total. The Balaban J connectivity index is 2.15. The minimum absolute atomic E-state index is 0.00767. The summed E-state index contributed by atoms with van der Waals surface area (Å²) in [6.07, 6.45) is -0.447. The first-order valence-corrected chi connectivity index (χ1v) is 8.18. The van der Waals surface area contributed by atoms with Crippen molar-refractivity contribution in [1.29, 1.82) is 0 Å². The third kappa shape index (κ3) is 5.11. The molecular weight excluding hydrogens is 337 g/mol. The van der Waals surface area contributed by atoms with Crippen LogP contribution in [0.4, 0.5) is 10.1 Å². The van der Waals surface area contributed by atoms with Gasteiger partial charge in [-0.05, 0) is 29.3 Å². The van der Waals surface area contributed by atoms with Crippen LogP contribution in [-0.2, 0) is 16.1 Å². The molecule has 1 atom stereocenters. The average molecular weight is 359 g/mol. The van der Waals surface area contributed by atoms with Gasteiger partial charge in [0, 0.05) is 31.3 Å². The molecule has 0 saturated heterocycles. The predicted molar refractivity (Wildman–Crippen MR) is 97.8 cm³/mol. The lowest BCUT2D eigenvalue weighted by Crippen LogP contribution is -2.39. The van der Waals surface area contributed by atoms with Crippen LogP contribution >= 0.6 is 0 Å². The molecule has 0 aliphatic carbocycles. The lowest BCUT2D eigenvalue weighted by molar-refractivity contribution is -0.119. The van der Waals surface area contributed by atoms with Crippen LogP contribution in [0.2, 0.25) is 0 Å². The van der Waals surface area contributed by atoms with Crippen LogP contribution in [0, 0.1) is 5.82 Å². The largest absolute Gasteiger partial charge is 0.389 e. The van der Waals surface area contributed by atoms with Gasteiger partial charge in [0.05, 0.1) is 12.6 Å². The summed E-state index contributed by atoms with van der Waals surface area (Å²) in [4.78, 5) is 23.4. The van der Waals surface area contributed by atoms with Crippen molar-refractivity contribution in [3.63, 3.8) is 0 Å². The van der Waals surface area contributed by atoms with E-state index in [2.05, 4.69) is 5.32 Å². The number of benzene rings is 2. The highest BCUT2D eigenvalue weighted by atomic mass is 19.1. The summed E-state index contributed by atoms with van der Waals surface area (Å²) in [5.41, 5.74) is 7.94. The van der Waals surface area contributed by atoms with Crippen LogP contribution in [0.3, 0.4) is 0 Å². The zero-order chi connectivity index (χ0) is 19.1. The minimum atomic E-state index is -0.962. The summed E-state index contributed by atoms with van der Waals surface area (Å²) in [6.45, 7) is 1.69. The fraction of sp³-hybridized carbons (Fsp3) is 0.263.